The first kappa shape index (κ1) is 13.3. The molecule has 0 spiro atoms. The number of nitrogens with one attached hydrogen (secondary N) is 1. The minimum atomic E-state index is 0.0578. The van der Waals surface area contributed by atoms with Crippen molar-refractivity contribution < 1.29 is 5.11 Å². The summed E-state index contributed by atoms with van der Waals surface area (Å²) in [5.41, 5.74) is 3.57. The number of hydrazine groups is 1. The fourth-order valence-corrected chi connectivity index (χ4v) is 1.79. The molecule has 4 N–H and O–H groups in total. The molecule has 2 aromatic rings. The topological polar surface area (TPSA) is 87.3 Å². The van der Waals surface area contributed by atoms with Gasteiger partial charge in [0.1, 0.15) is 5.82 Å². The number of rotatable bonds is 6. The summed E-state index contributed by atoms with van der Waals surface area (Å²) in [6, 6.07) is 11.8. The second kappa shape index (κ2) is 6.67. The van der Waals surface area contributed by atoms with Gasteiger partial charge in [-0.05, 0) is 11.6 Å². The summed E-state index contributed by atoms with van der Waals surface area (Å²) in [7, 11) is 0. The maximum Gasteiger partial charge on any atom is 0.239 e. The van der Waals surface area contributed by atoms with E-state index in [0.717, 1.165) is 11.4 Å². The van der Waals surface area contributed by atoms with Gasteiger partial charge in [0.25, 0.3) is 0 Å². The van der Waals surface area contributed by atoms with Crippen molar-refractivity contribution in [1.82, 2.24) is 9.97 Å². The van der Waals surface area contributed by atoms with Gasteiger partial charge in [-0.25, -0.2) is 10.8 Å². The molecule has 2 rings (SSSR count). The molecule has 0 unspecified atom stereocenters. The summed E-state index contributed by atoms with van der Waals surface area (Å²) in [5.74, 6) is 6.38. The summed E-state index contributed by atoms with van der Waals surface area (Å²) < 4.78 is 0. The lowest BCUT2D eigenvalue weighted by Crippen LogP contribution is -2.27. The van der Waals surface area contributed by atoms with Gasteiger partial charge in [-0.2, -0.15) is 4.98 Å². The van der Waals surface area contributed by atoms with E-state index in [2.05, 4.69) is 15.4 Å². The minimum absolute atomic E-state index is 0.0578. The van der Waals surface area contributed by atoms with Gasteiger partial charge in [-0.3, -0.25) is 5.43 Å². The molecule has 0 aliphatic rings. The summed E-state index contributed by atoms with van der Waals surface area (Å²) in [5, 5.41) is 9.18. The van der Waals surface area contributed by atoms with Crippen molar-refractivity contribution in [2.45, 2.75) is 6.54 Å². The molecule has 1 aromatic carbocycles. The minimum Gasteiger partial charge on any atom is -0.395 e. The molecular weight excluding hydrogens is 242 g/mol. The average Bonchev–Trinajstić information content (AvgIpc) is 2.48. The molecule has 6 nitrogen and oxygen atoms in total. The normalized spacial score (nSPS) is 10.2. The van der Waals surface area contributed by atoms with Crippen LogP contribution in [0.3, 0.4) is 0 Å². The largest absolute Gasteiger partial charge is 0.395 e. The van der Waals surface area contributed by atoms with Gasteiger partial charge in [0.2, 0.25) is 5.95 Å². The van der Waals surface area contributed by atoms with Crippen LogP contribution in [0.2, 0.25) is 0 Å². The Morgan fingerprint density at radius 3 is 2.68 bits per heavy atom. The lowest BCUT2D eigenvalue weighted by atomic mass is 10.2. The Morgan fingerprint density at radius 2 is 2.00 bits per heavy atom. The standard InChI is InChI=1S/C13H17N5O/c14-17-13-15-7-6-12(16-13)18(8-9-19)10-11-4-2-1-3-5-11/h1-7,19H,8-10,14H2,(H,15,16,17). The molecule has 0 saturated carbocycles. The number of aliphatic hydroxyl groups excluding tert-OH is 1. The molecule has 6 heteroatoms. The number of nitrogens with zero attached hydrogens (tertiary/aromatic N) is 3. The Kier molecular flexibility index (Phi) is 4.66. The smallest absolute Gasteiger partial charge is 0.239 e. The van der Waals surface area contributed by atoms with Crippen molar-refractivity contribution in [2.75, 3.05) is 23.5 Å². The van der Waals surface area contributed by atoms with Crippen molar-refractivity contribution in [3.63, 3.8) is 0 Å². The third-order valence-electron chi connectivity index (χ3n) is 2.68. The summed E-state index contributed by atoms with van der Waals surface area (Å²) >= 11 is 0. The van der Waals surface area contributed by atoms with Crippen LogP contribution in [0.5, 0.6) is 0 Å². The van der Waals surface area contributed by atoms with Crippen LogP contribution in [-0.4, -0.2) is 28.2 Å². The SMILES string of the molecule is NNc1nccc(N(CCO)Cc2ccccc2)n1. The van der Waals surface area contributed by atoms with Crippen LogP contribution in [0.4, 0.5) is 11.8 Å². The van der Waals surface area contributed by atoms with E-state index in [1.165, 1.54) is 0 Å². The Bertz CT molecular complexity index is 505. The first-order valence-corrected chi connectivity index (χ1v) is 6.03. The lowest BCUT2D eigenvalue weighted by Gasteiger charge is -2.23. The fourth-order valence-electron chi connectivity index (χ4n) is 1.79. The number of hydrogen-bond donors (Lipinski definition) is 3. The van der Waals surface area contributed by atoms with E-state index >= 15 is 0 Å². The molecular formula is C13H17N5O. The van der Waals surface area contributed by atoms with E-state index in [4.69, 9.17) is 5.84 Å². The first-order valence-electron chi connectivity index (χ1n) is 6.03. The third-order valence-corrected chi connectivity index (χ3v) is 2.68. The van der Waals surface area contributed by atoms with Crippen LogP contribution in [0, 0.1) is 0 Å². The second-order valence-electron chi connectivity index (χ2n) is 4.01. The predicted octanol–water partition coefficient (Wildman–Crippen LogP) is 0.761. The zero-order valence-electron chi connectivity index (χ0n) is 10.5. The van der Waals surface area contributed by atoms with Gasteiger partial charge in [-0.1, -0.05) is 30.3 Å². The number of anilines is 2. The van der Waals surface area contributed by atoms with Crippen LogP contribution < -0.4 is 16.2 Å². The third kappa shape index (κ3) is 3.64. The molecule has 0 bridgehead atoms. The van der Waals surface area contributed by atoms with E-state index in [9.17, 15) is 5.11 Å². The molecule has 0 radical (unpaired) electrons. The Labute approximate surface area is 111 Å². The Balaban J connectivity index is 2.19. The number of benzene rings is 1. The molecule has 19 heavy (non-hydrogen) atoms. The molecule has 0 aliphatic carbocycles. The van der Waals surface area contributed by atoms with Crippen LogP contribution in [0.15, 0.2) is 42.6 Å². The highest BCUT2D eigenvalue weighted by Crippen LogP contribution is 2.15. The maximum atomic E-state index is 9.18. The van der Waals surface area contributed by atoms with E-state index < -0.39 is 0 Å². The number of aromatic nitrogens is 2. The number of nitrogen functional groups attached to an aromatic ring is 1. The van der Waals surface area contributed by atoms with Crippen molar-refractivity contribution in [1.29, 1.82) is 0 Å². The van der Waals surface area contributed by atoms with E-state index in [1.54, 1.807) is 12.3 Å². The monoisotopic (exact) mass is 259 g/mol. The summed E-state index contributed by atoms with van der Waals surface area (Å²) in [6.07, 6.45) is 1.63. The second-order valence-corrected chi connectivity index (χ2v) is 4.01. The van der Waals surface area contributed by atoms with Crippen molar-refractivity contribution in [3.05, 3.63) is 48.2 Å². The van der Waals surface area contributed by atoms with Gasteiger partial charge in [0, 0.05) is 19.3 Å². The molecule has 0 aliphatic heterocycles. The van der Waals surface area contributed by atoms with Crippen molar-refractivity contribution in [2.24, 2.45) is 5.84 Å². The molecule has 1 heterocycles. The van der Waals surface area contributed by atoms with Crippen molar-refractivity contribution in [3.8, 4) is 0 Å². The zero-order chi connectivity index (χ0) is 13.5. The fraction of sp³-hybridized carbons (Fsp3) is 0.231. The number of nitrogens with two attached hydrogens (primary N) is 1. The summed E-state index contributed by atoms with van der Waals surface area (Å²) in [4.78, 5) is 10.2. The van der Waals surface area contributed by atoms with Gasteiger partial charge < -0.3 is 10.0 Å². The van der Waals surface area contributed by atoms with Crippen LogP contribution in [0.1, 0.15) is 5.56 Å². The highest BCUT2D eigenvalue weighted by atomic mass is 16.3. The van der Waals surface area contributed by atoms with E-state index in [-0.39, 0.29) is 6.61 Å². The highest BCUT2D eigenvalue weighted by molar-refractivity contribution is 5.42. The Hall–Kier alpha value is -2.18. The first-order chi connectivity index (χ1) is 9.33. The quantitative estimate of drug-likeness (QED) is 0.524. The summed E-state index contributed by atoms with van der Waals surface area (Å²) in [6.45, 7) is 1.22. The number of hydrogen-bond acceptors (Lipinski definition) is 6. The molecule has 0 amide bonds. The predicted molar refractivity (Wildman–Crippen MR) is 74.4 cm³/mol. The Morgan fingerprint density at radius 1 is 1.21 bits per heavy atom. The molecule has 1 aromatic heterocycles. The van der Waals surface area contributed by atoms with Gasteiger partial charge in [0.15, 0.2) is 0 Å². The zero-order valence-corrected chi connectivity index (χ0v) is 10.5. The molecule has 100 valence electrons. The maximum absolute atomic E-state index is 9.18. The van der Waals surface area contributed by atoms with Gasteiger partial charge in [0.05, 0.1) is 6.61 Å². The van der Waals surface area contributed by atoms with E-state index in [0.29, 0.717) is 19.0 Å². The molecule has 0 fully saturated rings. The van der Waals surface area contributed by atoms with E-state index in [1.807, 2.05) is 35.2 Å². The van der Waals surface area contributed by atoms with Crippen LogP contribution in [-0.2, 0) is 6.54 Å². The average molecular weight is 259 g/mol. The van der Waals surface area contributed by atoms with Crippen molar-refractivity contribution >= 4 is 11.8 Å². The number of aliphatic hydroxyl groups is 1. The van der Waals surface area contributed by atoms with Gasteiger partial charge >= 0.3 is 0 Å². The molecule has 0 saturated heterocycles. The highest BCUT2D eigenvalue weighted by Gasteiger charge is 2.09. The van der Waals surface area contributed by atoms with Gasteiger partial charge in [-0.15, -0.1) is 0 Å². The lowest BCUT2D eigenvalue weighted by molar-refractivity contribution is 0.301. The van der Waals surface area contributed by atoms with Crippen LogP contribution >= 0.6 is 0 Å². The van der Waals surface area contributed by atoms with Crippen LogP contribution in [0.25, 0.3) is 0 Å². The molecule has 0 atom stereocenters.